The number of ether oxygens (including phenoxy) is 7. The first kappa shape index (κ1) is 46.6. The van der Waals surface area contributed by atoms with Gasteiger partial charge < -0.3 is 53.6 Å². The average molecular weight is 828 g/mol. The van der Waals surface area contributed by atoms with Gasteiger partial charge in [0.25, 0.3) is 0 Å². The van der Waals surface area contributed by atoms with Crippen molar-refractivity contribution in [2.24, 2.45) is 23.7 Å². The van der Waals surface area contributed by atoms with E-state index in [1.54, 1.807) is 27.7 Å². The number of esters is 1. The van der Waals surface area contributed by atoms with Crippen LogP contribution in [-0.4, -0.2) is 136 Å². The van der Waals surface area contributed by atoms with Crippen LogP contribution < -0.4 is 0 Å². The molecule has 57 heavy (non-hydrogen) atoms. The number of nitrogens with zero attached hydrogens (tertiary/aromatic N) is 1. The predicted octanol–water partition coefficient (Wildman–Crippen LogP) is 4.85. The topological polar surface area (TPSA) is 166 Å². The molecule has 2 bridgehead atoms. The number of rotatable bonds is 11. The van der Waals surface area contributed by atoms with Crippen molar-refractivity contribution >= 4 is 17.6 Å². The highest BCUT2D eigenvalue weighted by Crippen LogP contribution is 2.48. The Bertz CT molecular complexity index is 1490. The summed E-state index contributed by atoms with van der Waals surface area (Å²) in [6.45, 7) is 18.9. The third-order valence-electron chi connectivity index (χ3n) is 13.6. The third-order valence-corrected chi connectivity index (χ3v) is 13.9. The van der Waals surface area contributed by atoms with E-state index < -0.39 is 102 Å². The van der Waals surface area contributed by atoms with Gasteiger partial charge in [-0.3, -0.25) is 9.69 Å². The molecule has 4 fully saturated rings. The lowest BCUT2D eigenvalue weighted by Gasteiger charge is -2.48. The Kier molecular flexibility index (Phi) is 14.9. The van der Waals surface area contributed by atoms with E-state index in [-0.39, 0.29) is 30.9 Å². The zero-order chi connectivity index (χ0) is 42.4. The van der Waals surface area contributed by atoms with Crippen LogP contribution in [0.3, 0.4) is 0 Å². The lowest BCUT2D eigenvalue weighted by molar-refractivity contribution is -0.318. The van der Waals surface area contributed by atoms with Crippen molar-refractivity contribution in [3.63, 3.8) is 0 Å². The number of aliphatic hydroxyl groups excluding tert-OH is 3. The molecule has 4 saturated heterocycles. The van der Waals surface area contributed by atoms with E-state index in [1.165, 1.54) is 14.0 Å². The monoisotopic (exact) mass is 827 g/mol. The summed E-state index contributed by atoms with van der Waals surface area (Å²) in [7, 11) is 3.50. The molecule has 0 aromatic heterocycles. The maximum Gasteiger partial charge on any atom is 0.311 e. The summed E-state index contributed by atoms with van der Waals surface area (Å²) in [5.41, 5.74) is -2.76. The number of likely N-dealkylation sites (N-methyl/N-ethyl adjacent to an activating group) is 1. The number of aliphatic hydroxyl groups is 4. The van der Waals surface area contributed by atoms with Gasteiger partial charge in [-0.15, -0.1) is 0 Å². The second kappa shape index (κ2) is 18.3. The van der Waals surface area contributed by atoms with Crippen molar-refractivity contribution in [3.8, 4) is 0 Å². The molecule has 0 spiro atoms. The smallest absolute Gasteiger partial charge is 0.311 e. The summed E-state index contributed by atoms with van der Waals surface area (Å²) in [6, 6.07) is 7.31. The molecule has 0 saturated carbocycles. The Balaban J connectivity index is 1.55. The number of carbonyl (C=O) groups is 1. The van der Waals surface area contributed by atoms with Crippen LogP contribution in [0.15, 0.2) is 24.3 Å². The molecule has 4 N–H and O–H groups in total. The van der Waals surface area contributed by atoms with Crippen LogP contribution in [0.5, 0.6) is 0 Å². The summed E-state index contributed by atoms with van der Waals surface area (Å²) in [5.74, 6) is -2.81. The highest BCUT2D eigenvalue weighted by atomic mass is 35.5. The number of cyclic esters (lactones) is 1. The maximum atomic E-state index is 14.4. The molecule has 4 aliphatic rings. The molecular formula is C43H70ClNO12. The molecule has 4 aliphatic heterocycles. The van der Waals surface area contributed by atoms with Crippen molar-refractivity contribution in [1.82, 2.24) is 4.90 Å². The van der Waals surface area contributed by atoms with Crippen LogP contribution in [0.4, 0.5) is 0 Å². The van der Waals surface area contributed by atoms with Gasteiger partial charge >= 0.3 is 5.97 Å². The highest BCUT2D eigenvalue weighted by molar-refractivity contribution is 6.30. The van der Waals surface area contributed by atoms with Gasteiger partial charge in [0.1, 0.15) is 23.9 Å². The fourth-order valence-electron chi connectivity index (χ4n) is 10.1. The molecular weight excluding hydrogens is 758 g/mol. The molecule has 0 radical (unpaired) electrons. The summed E-state index contributed by atoms with van der Waals surface area (Å²) in [5, 5.41) is 46.7. The van der Waals surface area contributed by atoms with Crippen LogP contribution in [0, 0.1) is 23.7 Å². The number of carbonyl (C=O) groups excluding carboxylic acids is 1. The van der Waals surface area contributed by atoms with Gasteiger partial charge in [0.2, 0.25) is 0 Å². The van der Waals surface area contributed by atoms with Gasteiger partial charge in [0, 0.05) is 43.0 Å². The molecule has 14 heteroatoms. The first-order chi connectivity index (χ1) is 26.6. The quantitative estimate of drug-likeness (QED) is 0.224. The number of methoxy groups -OCH3 is 1. The van der Waals surface area contributed by atoms with Crippen LogP contribution >= 0.6 is 11.6 Å². The van der Waals surface area contributed by atoms with Crippen molar-refractivity contribution in [2.75, 3.05) is 14.2 Å². The molecule has 326 valence electrons. The summed E-state index contributed by atoms with van der Waals surface area (Å²) in [6.07, 6.45) is -7.91. The van der Waals surface area contributed by atoms with Crippen molar-refractivity contribution in [1.29, 1.82) is 0 Å². The van der Waals surface area contributed by atoms with E-state index in [4.69, 9.17) is 44.8 Å². The molecule has 5 rings (SSSR count). The minimum absolute atomic E-state index is 0.0869. The lowest BCUT2D eigenvalue weighted by Crippen LogP contribution is -2.60. The number of hydrogen-bond donors (Lipinski definition) is 4. The van der Waals surface area contributed by atoms with Crippen molar-refractivity contribution in [3.05, 3.63) is 34.9 Å². The fourth-order valence-corrected chi connectivity index (χ4v) is 10.2. The van der Waals surface area contributed by atoms with Crippen LogP contribution in [0.2, 0.25) is 5.02 Å². The van der Waals surface area contributed by atoms with Gasteiger partial charge in [-0.1, -0.05) is 51.4 Å². The van der Waals surface area contributed by atoms with Crippen LogP contribution in [-0.2, 0) is 44.5 Å². The molecule has 4 heterocycles. The molecule has 0 amide bonds. The Morgan fingerprint density at radius 1 is 1.02 bits per heavy atom. The SMILES string of the molecule is CC[C@@H](O)[C@@](C)(O)[C@@H]1OC(=O)[C@H](C)[C@@H](O[C@H]2C[C@@](C)(OC)[C@@H](O)[C@H](C)O2)[C@H](C)[C@@H](O[C@@H]2O[C@H](C)C[C@H](N(C)Cc3ccc(Cl)cc3)[C@H]2O)[C@@]2(C)CC(C)C(O2)[C@@H]1C. The van der Waals surface area contributed by atoms with Gasteiger partial charge in [0.05, 0.1) is 53.7 Å². The van der Waals surface area contributed by atoms with E-state index >= 15 is 0 Å². The normalized spacial score (nSPS) is 44.9. The number of fused-ring (bicyclic) bond motifs is 2. The van der Waals surface area contributed by atoms with Crippen LogP contribution in [0.25, 0.3) is 0 Å². The molecule has 1 aromatic carbocycles. The Hall–Kier alpha value is -1.46. The number of halogens is 1. The van der Waals surface area contributed by atoms with E-state index in [9.17, 15) is 25.2 Å². The van der Waals surface area contributed by atoms with Crippen LogP contribution in [0.1, 0.15) is 100 Å². The Morgan fingerprint density at radius 3 is 2.28 bits per heavy atom. The molecule has 0 aliphatic carbocycles. The van der Waals surface area contributed by atoms with E-state index in [0.29, 0.717) is 24.4 Å². The highest BCUT2D eigenvalue weighted by Gasteiger charge is 2.59. The van der Waals surface area contributed by atoms with E-state index in [1.807, 2.05) is 59.0 Å². The molecule has 13 nitrogen and oxygen atoms in total. The largest absolute Gasteiger partial charge is 0.459 e. The van der Waals surface area contributed by atoms with Gasteiger partial charge in [-0.05, 0) is 91.5 Å². The molecule has 2 unspecified atom stereocenters. The zero-order valence-corrected chi connectivity index (χ0v) is 36.7. The van der Waals surface area contributed by atoms with E-state index in [0.717, 1.165) is 5.56 Å². The van der Waals surface area contributed by atoms with Gasteiger partial charge in [-0.2, -0.15) is 0 Å². The Morgan fingerprint density at radius 2 is 1.67 bits per heavy atom. The van der Waals surface area contributed by atoms with Gasteiger partial charge in [0.15, 0.2) is 12.6 Å². The van der Waals surface area contributed by atoms with Crippen molar-refractivity contribution < 1.29 is 58.4 Å². The van der Waals surface area contributed by atoms with Gasteiger partial charge in [-0.25, -0.2) is 0 Å². The number of hydrogen-bond acceptors (Lipinski definition) is 13. The fraction of sp³-hybridized carbons (Fsp3) is 0.837. The average Bonchev–Trinajstić information content (AvgIpc) is 3.48. The molecule has 1 aromatic rings. The minimum atomic E-state index is -1.81. The summed E-state index contributed by atoms with van der Waals surface area (Å²) < 4.78 is 45.6. The van der Waals surface area contributed by atoms with Crippen molar-refractivity contribution in [2.45, 2.75) is 192 Å². The summed E-state index contributed by atoms with van der Waals surface area (Å²) >= 11 is 6.15. The third kappa shape index (κ3) is 9.71. The summed E-state index contributed by atoms with van der Waals surface area (Å²) in [4.78, 5) is 16.5. The van der Waals surface area contributed by atoms with E-state index in [2.05, 4.69) is 11.8 Å². The second-order valence-corrected chi connectivity index (χ2v) is 18.8. The standard InChI is InChI=1S/C43H70ClNO12/c1-13-31(46)43(10,50)38-24(4)34-22(2)19-42(9,57-34)37(56-40-33(47)30(18-23(3)52-40)45(11)21-28-14-16-29(44)17-15-28)25(5)35(26(6)39(49)55-38)54-32-20-41(8,51-12)36(48)27(7)53-32/h14-17,22-27,30-38,40,46-48,50H,13,18-21H2,1-12H3/t22?,23-,24+,25+,26-,27+,30+,31-,32+,33-,34?,35+,36+,37-,38-,40+,41-,42-,43-/m1/s1. The predicted molar refractivity (Wildman–Crippen MR) is 213 cm³/mol. The minimum Gasteiger partial charge on any atom is -0.459 e. The second-order valence-electron chi connectivity index (χ2n) is 18.3. The maximum absolute atomic E-state index is 14.4. The first-order valence-electron chi connectivity index (χ1n) is 20.8. The number of benzene rings is 1. The zero-order valence-electron chi connectivity index (χ0n) is 36.0. The lowest BCUT2D eigenvalue weighted by atomic mass is 9.76. The molecule has 19 atom stereocenters. The Labute approximate surface area is 344 Å². The first-order valence-corrected chi connectivity index (χ1v) is 21.2.